The minimum atomic E-state index is 0.157. The smallest absolute Gasteiger partial charge is 0.229 e. The maximum absolute atomic E-state index is 11.5. The first-order valence-electron chi connectivity index (χ1n) is 12.8. The van der Waals surface area contributed by atoms with Crippen molar-refractivity contribution in [1.82, 2.24) is 14.9 Å². The number of aromatic nitrogens is 2. The molecule has 1 aliphatic heterocycles. The van der Waals surface area contributed by atoms with Crippen molar-refractivity contribution < 1.29 is 14.3 Å². The van der Waals surface area contributed by atoms with Gasteiger partial charge in [-0.2, -0.15) is 4.98 Å². The number of benzene rings is 2. The van der Waals surface area contributed by atoms with Crippen molar-refractivity contribution in [3.05, 3.63) is 60.8 Å². The number of piperidine rings is 1. The van der Waals surface area contributed by atoms with Gasteiger partial charge < -0.3 is 30.3 Å². The first kappa shape index (κ1) is 26.1. The monoisotopic (exact) mass is 504 g/mol. The summed E-state index contributed by atoms with van der Waals surface area (Å²) >= 11 is 0. The predicted octanol–water partition coefficient (Wildman–Crippen LogP) is 4.78. The topological polar surface area (TPSA) is 101 Å². The molecule has 1 fully saturated rings. The number of nitrogens with zero attached hydrogens (tertiary/aromatic N) is 3. The zero-order valence-corrected chi connectivity index (χ0v) is 21.6. The molecule has 1 aromatic heterocycles. The number of anilines is 4. The Kier molecular flexibility index (Phi) is 9.40. The summed E-state index contributed by atoms with van der Waals surface area (Å²) in [5, 5.41) is 10.1. The van der Waals surface area contributed by atoms with E-state index in [0.717, 1.165) is 62.6 Å². The Bertz CT molecular complexity index is 1140. The minimum absolute atomic E-state index is 0.157. The summed E-state index contributed by atoms with van der Waals surface area (Å²) in [4.78, 5) is 22.4. The Labute approximate surface area is 218 Å². The molecule has 3 aromatic rings. The number of nitrogens with one attached hydrogen (secondary N) is 3. The number of likely N-dealkylation sites (tertiary alicyclic amines) is 1. The van der Waals surface area contributed by atoms with Gasteiger partial charge in [0.15, 0.2) is 11.5 Å². The molecule has 4 rings (SSSR count). The lowest BCUT2D eigenvalue weighted by molar-refractivity contribution is -0.130. The lowest BCUT2D eigenvalue weighted by Gasteiger charge is -2.31. The molecule has 9 nitrogen and oxygen atoms in total. The summed E-state index contributed by atoms with van der Waals surface area (Å²) in [5.41, 5.74) is 1.91. The van der Waals surface area contributed by atoms with Gasteiger partial charge in [0.05, 0.1) is 13.7 Å². The molecule has 37 heavy (non-hydrogen) atoms. The maximum atomic E-state index is 11.5. The Morgan fingerprint density at radius 3 is 2.59 bits per heavy atom. The SMILES string of the molecule is COc1ccc(Nc2nccc(NCC3CCN(C(C)=O)CC3)n2)cc1OCCCNc1ccccc1. The van der Waals surface area contributed by atoms with Crippen LogP contribution in [0.1, 0.15) is 26.2 Å². The minimum Gasteiger partial charge on any atom is -0.493 e. The summed E-state index contributed by atoms with van der Waals surface area (Å²) in [6.45, 7) is 5.47. The van der Waals surface area contributed by atoms with Crippen molar-refractivity contribution in [3.8, 4) is 11.5 Å². The molecular weight excluding hydrogens is 468 g/mol. The standard InChI is InChI=1S/C28H36N6O3/c1-21(35)34-16-12-22(13-17-34)20-31-27-11-15-30-28(33-27)32-24-9-10-25(36-2)26(19-24)37-18-6-14-29-23-7-4-3-5-8-23/h3-5,7-11,15,19,22,29H,6,12-14,16-18,20H2,1-2H3,(H2,30,31,32,33). The molecule has 9 heteroatoms. The van der Waals surface area contributed by atoms with Crippen LogP contribution in [0.5, 0.6) is 11.5 Å². The first-order valence-corrected chi connectivity index (χ1v) is 12.8. The van der Waals surface area contributed by atoms with Crippen LogP contribution in [0.2, 0.25) is 0 Å². The number of carbonyl (C=O) groups excluding carboxylic acids is 1. The molecule has 1 amide bonds. The number of para-hydroxylation sites is 1. The Balaban J connectivity index is 1.27. The van der Waals surface area contributed by atoms with Gasteiger partial charge in [-0.15, -0.1) is 0 Å². The van der Waals surface area contributed by atoms with E-state index in [-0.39, 0.29) is 5.91 Å². The van der Waals surface area contributed by atoms with Crippen LogP contribution >= 0.6 is 0 Å². The summed E-state index contributed by atoms with van der Waals surface area (Å²) < 4.78 is 11.5. The number of ether oxygens (including phenoxy) is 2. The fourth-order valence-electron chi connectivity index (χ4n) is 4.26. The van der Waals surface area contributed by atoms with Crippen LogP contribution in [-0.4, -0.2) is 60.7 Å². The zero-order valence-electron chi connectivity index (χ0n) is 21.6. The Morgan fingerprint density at radius 2 is 1.84 bits per heavy atom. The average molecular weight is 505 g/mol. The van der Waals surface area contributed by atoms with Crippen molar-refractivity contribution in [3.63, 3.8) is 0 Å². The van der Waals surface area contributed by atoms with E-state index in [0.29, 0.717) is 30.0 Å². The quantitative estimate of drug-likeness (QED) is 0.303. The summed E-state index contributed by atoms with van der Waals surface area (Å²) in [7, 11) is 1.63. The molecule has 0 aliphatic carbocycles. The number of amides is 1. The number of carbonyl (C=O) groups is 1. The molecule has 0 bridgehead atoms. The van der Waals surface area contributed by atoms with Gasteiger partial charge in [0.1, 0.15) is 5.82 Å². The van der Waals surface area contributed by atoms with Crippen LogP contribution in [0.4, 0.5) is 23.1 Å². The highest BCUT2D eigenvalue weighted by molar-refractivity contribution is 5.73. The van der Waals surface area contributed by atoms with Crippen LogP contribution in [0, 0.1) is 5.92 Å². The van der Waals surface area contributed by atoms with E-state index in [9.17, 15) is 4.79 Å². The zero-order chi connectivity index (χ0) is 25.9. The van der Waals surface area contributed by atoms with Gasteiger partial charge in [-0.05, 0) is 55.5 Å². The summed E-state index contributed by atoms with van der Waals surface area (Å²) in [6.07, 6.45) is 4.58. The third-order valence-corrected chi connectivity index (χ3v) is 6.39. The van der Waals surface area contributed by atoms with Gasteiger partial charge >= 0.3 is 0 Å². The van der Waals surface area contributed by atoms with Crippen molar-refractivity contribution in [2.75, 3.05) is 55.8 Å². The van der Waals surface area contributed by atoms with Crippen LogP contribution < -0.4 is 25.4 Å². The van der Waals surface area contributed by atoms with E-state index in [1.54, 1.807) is 20.2 Å². The normalized spacial score (nSPS) is 13.6. The molecular formula is C28H36N6O3. The summed E-state index contributed by atoms with van der Waals surface area (Å²) in [5.74, 6) is 3.28. The second-order valence-corrected chi connectivity index (χ2v) is 9.08. The van der Waals surface area contributed by atoms with Gasteiger partial charge in [-0.3, -0.25) is 4.79 Å². The van der Waals surface area contributed by atoms with Crippen molar-refractivity contribution in [1.29, 1.82) is 0 Å². The first-order chi connectivity index (χ1) is 18.1. The highest BCUT2D eigenvalue weighted by atomic mass is 16.5. The fourth-order valence-corrected chi connectivity index (χ4v) is 4.26. The average Bonchev–Trinajstić information content (AvgIpc) is 2.93. The molecule has 0 unspecified atom stereocenters. The van der Waals surface area contributed by atoms with Crippen LogP contribution in [0.3, 0.4) is 0 Å². The molecule has 0 radical (unpaired) electrons. The Hall–Kier alpha value is -4.01. The van der Waals surface area contributed by atoms with Crippen LogP contribution in [0.25, 0.3) is 0 Å². The highest BCUT2D eigenvalue weighted by Gasteiger charge is 2.20. The summed E-state index contributed by atoms with van der Waals surface area (Å²) in [6, 6.07) is 17.7. The van der Waals surface area contributed by atoms with Gasteiger partial charge in [-0.25, -0.2) is 4.98 Å². The Morgan fingerprint density at radius 1 is 1.03 bits per heavy atom. The molecule has 0 spiro atoms. The van der Waals surface area contributed by atoms with Crippen molar-refractivity contribution >= 4 is 29.0 Å². The van der Waals surface area contributed by atoms with E-state index >= 15 is 0 Å². The second kappa shape index (κ2) is 13.3. The molecule has 0 atom stereocenters. The number of methoxy groups -OCH3 is 1. The lowest BCUT2D eigenvalue weighted by atomic mass is 9.97. The van der Waals surface area contributed by atoms with Crippen LogP contribution in [0.15, 0.2) is 60.8 Å². The molecule has 2 aromatic carbocycles. The van der Waals surface area contributed by atoms with Crippen LogP contribution in [-0.2, 0) is 4.79 Å². The molecule has 2 heterocycles. The van der Waals surface area contributed by atoms with Crippen molar-refractivity contribution in [2.45, 2.75) is 26.2 Å². The number of hydrogen-bond donors (Lipinski definition) is 3. The van der Waals surface area contributed by atoms with E-state index in [4.69, 9.17) is 9.47 Å². The van der Waals surface area contributed by atoms with E-state index in [1.165, 1.54) is 0 Å². The molecule has 196 valence electrons. The third-order valence-electron chi connectivity index (χ3n) is 6.39. The second-order valence-electron chi connectivity index (χ2n) is 9.08. The third kappa shape index (κ3) is 7.99. The van der Waals surface area contributed by atoms with E-state index in [2.05, 4.69) is 25.9 Å². The lowest BCUT2D eigenvalue weighted by Crippen LogP contribution is -2.38. The van der Waals surface area contributed by atoms with Gasteiger partial charge in [0.2, 0.25) is 11.9 Å². The van der Waals surface area contributed by atoms with Gasteiger partial charge in [-0.1, -0.05) is 18.2 Å². The fraction of sp³-hybridized carbons (Fsp3) is 0.393. The van der Waals surface area contributed by atoms with Crippen molar-refractivity contribution in [2.24, 2.45) is 5.92 Å². The van der Waals surface area contributed by atoms with Gasteiger partial charge in [0, 0.05) is 56.7 Å². The van der Waals surface area contributed by atoms with E-state index in [1.807, 2.05) is 59.5 Å². The number of hydrogen-bond acceptors (Lipinski definition) is 8. The van der Waals surface area contributed by atoms with E-state index < -0.39 is 0 Å². The predicted molar refractivity (Wildman–Crippen MR) is 147 cm³/mol. The molecule has 0 saturated carbocycles. The molecule has 3 N–H and O–H groups in total. The number of rotatable bonds is 12. The maximum Gasteiger partial charge on any atom is 0.229 e. The molecule has 1 aliphatic rings. The molecule has 1 saturated heterocycles. The largest absolute Gasteiger partial charge is 0.493 e. The van der Waals surface area contributed by atoms with Gasteiger partial charge in [0.25, 0.3) is 0 Å². The highest BCUT2D eigenvalue weighted by Crippen LogP contribution is 2.31.